The van der Waals surface area contributed by atoms with E-state index in [1.54, 1.807) is 23.9 Å². The summed E-state index contributed by atoms with van der Waals surface area (Å²) in [5, 5.41) is 4.55. The highest BCUT2D eigenvalue weighted by Gasteiger charge is 2.23. The topological polar surface area (TPSA) is 60.7 Å². The summed E-state index contributed by atoms with van der Waals surface area (Å²) in [5.74, 6) is -0.0959. The van der Waals surface area contributed by atoms with E-state index in [4.69, 9.17) is 0 Å². The number of amides is 1. The van der Waals surface area contributed by atoms with Crippen LogP contribution in [0.2, 0.25) is 0 Å². The van der Waals surface area contributed by atoms with E-state index in [0.717, 1.165) is 49.3 Å². The lowest BCUT2D eigenvalue weighted by atomic mass is 9.87. The van der Waals surface area contributed by atoms with Crippen LogP contribution >= 0.6 is 11.8 Å². The van der Waals surface area contributed by atoms with Crippen LogP contribution in [0.5, 0.6) is 0 Å². The number of thioether (sulfide) groups is 1. The molecule has 0 saturated carbocycles. The lowest BCUT2D eigenvalue weighted by molar-refractivity contribution is -0.116. The van der Waals surface area contributed by atoms with E-state index < -0.39 is 0 Å². The van der Waals surface area contributed by atoms with Gasteiger partial charge in [-0.1, -0.05) is 19.1 Å². The van der Waals surface area contributed by atoms with Crippen LogP contribution in [0, 0.1) is 11.6 Å². The Morgan fingerprint density at radius 1 is 0.914 bits per heavy atom. The maximum Gasteiger partial charge on any atom is 0.224 e. The van der Waals surface area contributed by atoms with Gasteiger partial charge in [-0.05, 0) is 71.8 Å². The van der Waals surface area contributed by atoms with Crippen molar-refractivity contribution in [2.24, 2.45) is 0 Å². The lowest BCUT2D eigenvalue weighted by Crippen LogP contribution is -2.14. The minimum absolute atomic E-state index is 0.101. The summed E-state index contributed by atoms with van der Waals surface area (Å²) in [4.78, 5) is 20.4. The van der Waals surface area contributed by atoms with Crippen LogP contribution in [0.4, 0.5) is 14.5 Å². The number of hydrogen-bond acceptors (Lipinski definition) is 2. The maximum absolute atomic E-state index is 14.1. The second-order valence-electron chi connectivity index (χ2n) is 8.44. The summed E-state index contributed by atoms with van der Waals surface area (Å²) in [6.45, 7) is 2.07. The molecule has 1 amide bonds. The van der Waals surface area contributed by atoms with Crippen molar-refractivity contribution in [1.29, 1.82) is 0 Å². The molecular formula is C28H25F2N3OS. The van der Waals surface area contributed by atoms with Crippen molar-refractivity contribution < 1.29 is 13.6 Å². The quantitative estimate of drug-likeness (QED) is 0.197. The fraction of sp³-hybridized carbons (Fsp3) is 0.179. The van der Waals surface area contributed by atoms with Gasteiger partial charge < -0.3 is 15.3 Å². The molecule has 0 atom stereocenters. The monoisotopic (exact) mass is 489 g/mol. The molecule has 5 rings (SSSR count). The van der Waals surface area contributed by atoms with Crippen LogP contribution < -0.4 is 5.32 Å². The standard InChI is InChI=1S/C28H25F2N3OS/c1-2-35-27-6-4-3-5-26(27)33-28(34)12-9-19(22-15-31-24-10-7-17(29)13-20(22)24)23-16-32-25-11-8-18(30)14-21(23)25/h3-8,10-11,13-16,19,31-32H,2,9,12H2,1H3,(H,33,34). The highest BCUT2D eigenvalue weighted by Crippen LogP contribution is 2.38. The van der Waals surface area contributed by atoms with Crippen molar-refractivity contribution in [3.63, 3.8) is 0 Å². The Labute approximate surface area is 206 Å². The molecule has 0 unspecified atom stereocenters. The summed E-state index contributed by atoms with van der Waals surface area (Å²) in [6, 6.07) is 17.0. The third-order valence-corrected chi connectivity index (χ3v) is 7.18. The van der Waals surface area contributed by atoms with E-state index in [2.05, 4.69) is 22.2 Å². The van der Waals surface area contributed by atoms with Gasteiger partial charge in [0.25, 0.3) is 0 Å². The van der Waals surface area contributed by atoms with Gasteiger partial charge in [0, 0.05) is 51.4 Å². The number of benzene rings is 3. The minimum atomic E-state index is -0.329. The molecule has 7 heteroatoms. The molecule has 178 valence electrons. The first-order valence-electron chi connectivity index (χ1n) is 11.6. The first kappa shape index (κ1) is 23.2. The third kappa shape index (κ3) is 4.82. The SMILES string of the molecule is CCSc1ccccc1NC(=O)CCC(c1c[nH]c2ccc(F)cc12)c1c[nH]c2ccc(F)cc12. The van der Waals surface area contributed by atoms with E-state index in [9.17, 15) is 13.6 Å². The van der Waals surface area contributed by atoms with E-state index in [1.165, 1.54) is 24.3 Å². The van der Waals surface area contributed by atoms with Gasteiger partial charge >= 0.3 is 0 Å². The zero-order valence-corrected chi connectivity index (χ0v) is 20.0. The minimum Gasteiger partial charge on any atom is -0.361 e. The van der Waals surface area contributed by atoms with E-state index in [1.807, 2.05) is 36.7 Å². The summed E-state index contributed by atoms with van der Waals surface area (Å²) < 4.78 is 28.3. The van der Waals surface area contributed by atoms with Gasteiger partial charge in [0.2, 0.25) is 5.91 Å². The number of carbonyl (C=O) groups is 1. The molecule has 0 fully saturated rings. The van der Waals surface area contributed by atoms with Crippen molar-refractivity contribution in [3.05, 3.63) is 95.8 Å². The Bertz CT molecular complexity index is 1430. The van der Waals surface area contributed by atoms with Crippen LogP contribution in [0.1, 0.15) is 36.8 Å². The number of carbonyl (C=O) groups excluding carboxylic acids is 1. The second kappa shape index (κ2) is 9.96. The molecule has 0 bridgehead atoms. The molecule has 2 heterocycles. The molecule has 0 radical (unpaired) electrons. The Balaban J connectivity index is 1.48. The molecule has 2 aromatic heterocycles. The molecule has 3 N–H and O–H groups in total. The van der Waals surface area contributed by atoms with Crippen LogP contribution in [0.15, 0.2) is 78.0 Å². The van der Waals surface area contributed by atoms with Crippen molar-refractivity contribution in [2.45, 2.75) is 30.6 Å². The van der Waals surface area contributed by atoms with Gasteiger partial charge in [-0.2, -0.15) is 0 Å². The number of nitrogens with one attached hydrogen (secondary N) is 3. The third-order valence-electron chi connectivity index (χ3n) is 6.22. The molecule has 4 nitrogen and oxygen atoms in total. The number of aromatic amines is 2. The number of anilines is 1. The number of hydrogen-bond donors (Lipinski definition) is 3. The van der Waals surface area contributed by atoms with Gasteiger partial charge in [0.15, 0.2) is 0 Å². The number of rotatable bonds is 8. The summed E-state index contributed by atoms with van der Waals surface area (Å²) in [5.41, 5.74) is 4.17. The Hall–Kier alpha value is -3.58. The molecule has 3 aromatic carbocycles. The summed E-state index contributed by atoms with van der Waals surface area (Å²) in [7, 11) is 0. The average Bonchev–Trinajstić information content (AvgIpc) is 3.45. The number of halogens is 2. The van der Waals surface area contributed by atoms with Crippen LogP contribution in [-0.2, 0) is 4.79 Å². The van der Waals surface area contributed by atoms with Gasteiger partial charge in [0.05, 0.1) is 5.69 Å². The van der Waals surface area contributed by atoms with Crippen LogP contribution in [-0.4, -0.2) is 21.6 Å². The molecule has 5 aromatic rings. The molecule has 35 heavy (non-hydrogen) atoms. The Morgan fingerprint density at radius 2 is 1.51 bits per heavy atom. The molecular weight excluding hydrogens is 464 g/mol. The van der Waals surface area contributed by atoms with E-state index >= 15 is 0 Å². The number of para-hydroxylation sites is 1. The Kier molecular flexibility index (Phi) is 6.59. The van der Waals surface area contributed by atoms with E-state index in [0.29, 0.717) is 6.42 Å². The molecule has 0 aliphatic rings. The van der Waals surface area contributed by atoms with Gasteiger partial charge in [-0.15, -0.1) is 11.8 Å². The van der Waals surface area contributed by atoms with Gasteiger partial charge in [-0.25, -0.2) is 8.78 Å². The van der Waals surface area contributed by atoms with E-state index in [-0.39, 0.29) is 29.9 Å². The normalized spacial score (nSPS) is 11.5. The van der Waals surface area contributed by atoms with Crippen molar-refractivity contribution >= 4 is 45.2 Å². The number of aromatic nitrogens is 2. The number of fused-ring (bicyclic) bond motifs is 2. The fourth-order valence-corrected chi connectivity index (χ4v) is 5.38. The predicted molar refractivity (Wildman–Crippen MR) is 139 cm³/mol. The van der Waals surface area contributed by atoms with Crippen molar-refractivity contribution in [3.8, 4) is 0 Å². The second-order valence-corrected chi connectivity index (χ2v) is 9.74. The Morgan fingerprint density at radius 3 is 2.11 bits per heavy atom. The molecule has 0 aliphatic heterocycles. The fourth-order valence-electron chi connectivity index (χ4n) is 4.62. The highest BCUT2D eigenvalue weighted by atomic mass is 32.2. The first-order chi connectivity index (χ1) is 17.0. The summed E-state index contributed by atoms with van der Waals surface area (Å²) >= 11 is 1.68. The molecule has 0 spiro atoms. The first-order valence-corrected chi connectivity index (χ1v) is 12.6. The lowest BCUT2D eigenvalue weighted by Gasteiger charge is -2.17. The zero-order valence-electron chi connectivity index (χ0n) is 19.2. The molecule has 0 aliphatic carbocycles. The van der Waals surface area contributed by atoms with Crippen molar-refractivity contribution in [2.75, 3.05) is 11.1 Å². The van der Waals surface area contributed by atoms with Gasteiger partial charge in [0.1, 0.15) is 11.6 Å². The van der Waals surface area contributed by atoms with Crippen LogP contribution in [0.3, 0.4) is 0 Å². The predicted octanol–water partition coefficient (Wildman–Crippen LogP) is 7.59. The molecule has 0 saturated heterocycles. The maximum atomic E-state index is 14.1. The number of H-pyrrole nitrogens is 2. The van der Waals surface area contributed by atoms with Gasteiger partial charge in [-0.3, -0.25) is 4.79 Å². The highest BCUT2D eigenvalue weighted by molar-refractivity contribution is 7.99. The average molecular weight is 490 g/mol. The zero-order chi connectivity index (χ0) is 24.4. The van der Waals surface area contributed by atoms with Crippen molar-refractivity contribution in [1.82, 2.24) is 9.97 Å². The largest absolute Gasteiger partial charge is 0.361 e. The smallest absolute Gasteiger partial charge is 0.224 e. The van der Waals surface area contributed by atoms with Crippen LogP contribution in [0.25, 0.3) is 21.8 Å². The summed E-state index contributed by atoms with van der Waals surface area (Å²) in [6.07, 6.45) is 4.44.